The van der Waals surface area contributed by atoms with Gasteiger partial charge in [0.2, 0.25) is 5.91 Å². The Morgan fingerprint density at radius 1 is 1.07 bits per heavy atom. The summed E-state index contributed by atoms with van der Waals surface area (Å²) in [5, 5.41) is 2.77. The number of nitrogens with one attached hydrogen (secondary N) is 1. The zero-order chi connectivity index (χ0) is 19.6. The van der Waals surface area contributed by atoms with Crippen molar-refractivity contribution in [2.45, 2.75) is 20.3 Å². The van der Waals surface area contributed by atoms with Gasteiger partial charge in [-0.15, -0.1) is 0 Å². The van der Waals surface area contributed by atoms with Gasteiger partial charge < -0.3 is 19.7 Å². The average molecular weight is 370 g/mol. The highest BCUT2D eigenvalue weighted by atomic mass is 16.5. The number of benzene rings is 2. The summed E-state index contributed by atoms with van der Waals surface area (Å²) in [4.78, 5) is 26.2. The van der Waals surface area contributed by atoms with Gasteiger partial charge in [-0.05, 0) is 37.1 Å². The molecule has 0 saturated carbocycles. The van der Waals surface area contributed by atoms with Crippen molar-refractivity contribution in [1.29, 1.82) is 0 Å². The van der Waals surface area contributed by atoms with E-state index in [1.165, 1.54) is 4.90 Å². The van der Waals surface area contributed by atoms with Crippen LogP contribution in [0.2, 0.25) is 0 Å². The maximum atomic E-state index is 12.4. The van der Waals surface area contributed by atoms with E-state index in [4.69, 9.17) is 9.47 Å². The lowest BCUT2D eigenvalue weighted by Gasteiger charge is -2.21. The number of ether oxygens (including phenoxy) is 2. The topological polar surface area (TPSA) is 67.9 Å². The van der Waals surface area contributed by atoms with Crippen LogP contribution < -0.4 is 14.8 Å². The third-order valence-corrected chi connectivity index (χ3v) is 4.13. The summed E-state index contributed by atoms with van der Waals surface area (Å²) in [6.07, 6.45) is 0.824. The molecule has 2 amide bonds. The summed E-state index contributed by atoms with van der Waals surface area (Å²) in [5.74, 6) is 0.848. The number of anilines is 1. The standard InChI is InChI=1S/C21H26N2O4/c1-4-16-9-6-7-12-19(16)27-15-21(25)23(5-2)14-20(24)22-17-10-8-11-18(13-17)26-3/h6-13H,4-5,14-15H2,1-3H3,(H,22,24). The minimum atomic E-state index is -0.271. The van der Waals surface area contributed by atoms with Gasteiger partial charge in [0.25, 0.3) is 5.91 Å². The van der Waals surface area contributed by atoms with Crippen molar-refractivity contribution in [2.24, 2.45) is 0 Å². The van der Waals surface area contributed by atoms with Crippen LogP contribution in [0.15, 0.2) is 48.5 Å². The van der Waals surface area contributed by atoms with Crippen LogP contribution in [0.5, 0.6) is 11.5 Å². The lowest BCUT2D eigenvalue weighted by Crippen LogP contribution is -2.40. The largest absolute Gasteiger partial charge is 0.497 e. The van der Waals surface area contributed by atoms with E-state index in [1.54, 1.807) is 31.4 Å². The van der Waals surface area contributed by atoms with Crippen LogP contribution in [-0.4, -0.2) is 43.5 Å². The molecule has 1 N–H and O–H groups in total. The number of amides is 2. The molecule has 0 fully saturated rings. The minimum absolute atomic E-state index is 0.0364. The van der Waals surface area contributed by atoms with E-state index in [-0.39, 0.29) is 25.0 Å². The highest BCUT2D eigenvalue weighted by Gasteiger charge is 2.17. The first-order valence-corrected chi connectivity index (χ1v) is 8.99. The number of likely N-dealkylation sites (N-methyl/N-ethyl adjacent to an activating group) is 1. The van der Waals surface area contributed by atoms with E-state index in [0.29, 0.717) is 23.7 Å². The Kier molecular flexibility index (Phi) is 7.67. The predicted molar refractivity (Wildman–Crippen MR) is 105 cm³/mol. The molecule has 6 nitrogen and oxygen atoms in total. The molecular formula is C21H26N2O4. The van der Waals surface area contributed by atoms with Crippen molar-refractivity contribution < 1.29 is 19.1 Å². The van der Waals surface area contributed by atoms with Crippen LogP contribution in [0.4, 0.5) is 5.69 Å². The Bertz CT molecular complexity index is 776. The molecule has 0 bridgehead atoms. The summed E-state index contributed by atoms with van der Waals surface area (Å²) in [7, 11) is 1.56. The molecule has 2 aromatic carbocycles. The van der Waals surface area contributed by atoms with Crippen LogP contribution in [0.25, 0.3) is 0 Å². The molecule has 6 heteroatoms. The molecule has 2 rings (SSSR count). The molecule has 0 aliphatic rings. The summed E-state index contributed by atoms with van der Waals surface area (Å²) >= 11 is 0. The number of methoxy groups -OCH3 is 1. The Morgan fingerprint density at radius 2 is 1.85 bits per heavy atom. The van der Waals surface area contributed by atoms with Crippen molar-refractivity contribution in [3.8, 4) is 11.5 Å². The molecular weight excluding hydrogens is 344 g/mol. The fourth-order valence-corrected chi connectivity index (χ4v) is 2.62. The molecule has 0 radical (unpaired) electrons. The zero-order valence-electron chi connectivity index (χ0n) is 16.0. The summed E-state index contributed by atoms with van der Waals surface area (Å²) in [6, 6.07) is 14.7. The third-order valence-electron chi connectivity index (χ3n) is 4.13. The van der Waals surface area contributed by atoms with Gasteiger partial charge in [0.05, 0.1) is 13.7 Å². The molecule has 0 aromatic heterocycles. The molecule has 27 heavy (non-hydrogen) atoms. The molecule has 0 heterocycles. The van der Waals surface area contributed by atoms with E-state index in [1.807, 2.05) is 38.1 Å². The molecule has 0 aliphatic heterocycles. The number of carbonyl (C=O) groups is 2. The summed E-state index contributed by atoms with van der Waals surface area (Å²) in [5.41, 5.74) is 1.67. The van der Waals surface area contributed by atoms with Gasteiger partial charge in [-0.2, -0.15) is 0 Å². The maximum Gasteiger partial charge on any atom is 0.260 e. The van der Waals surface area contributed by atoms with Crippen LogP contribution in [0.1, 0.15) is 19.4 Å². The van der Waals surface area contributed by atoms with Crippen LogP contribution >= 0.6 is 0 Å². The van der Waals surface area contributed by atoms with Gasteiger partial charge in [-0.1, -0.05) is 31.2 Å². The number of para-hydroxylation sites is 1. The van der Waals surface area contributed by atoms with Crippen molar-refractivity contribution in [2.75, 3.05) is 32.1 Å². The minimum Gasteiger partial charge on any atom is -0.497 e. The van der Waals surface area contributed by atoms with Crippen molar-refractivity contribution in [3.05, 3.63) is 54.1 Å². The van der Waals surface area contributed by atoms with Gasteiger partial charge in [0, 0.05) is 18.3 Å². The van der Waals surface area contributed by atoms with Gasteiger partial charge >= 0.3 is 0 Å². The lowest BCUT2D eigenvalue weighted by molar-refractivity contribution is -0.136. The normalized spacial score (nSPS) is 10.2. The SMILES string of the molecule is CCc1ccccc1OCC(=O)N(CC)CC(=O)Nc1cccc(OC)c1. The maximum absolute atomic E-state index is 12.4. The highest BCUT2D eigenvalue weighted by molar-refractivity contribution is 5.94. The summed E-state index contributed by atoms with van der Waals surface area (Å²) < 4.78 is 10.8. The second-order valence-corrected chi connectivity index (χ2v) is 5.94. The fourth-order valence-electron chi connectivity index (χ4n) is 2.62. The highest BCUT2D eigenvalue weighted by Crippen LogP contribution is 2.18. The van der Waals surface area contributed by atoms with Gasteiger partial charge in [0.1, 0.15) is 11.5 Å². The molecule has 2 aromatic rings. The second kappa shape index (κ2) is 10.2. The number of aryl methyl sites for hydroxylation is 1. The first kappa shape index (κ1) is 20.3. The molecule has 0 aliphatic carbocycles. The Balaban J connectivity index is 1.91. The van der Waals surface area contributed by atoms with Crippen LogP contribution in [-0.2, 0) is 16.0 Å². The Labute approximate surface area is 160 Å². The van der Waals surface area contributed by atoms with E-state index in [2.05, 4.69) is 5.32 Å². The third kappa shape index (κ3) is 6.02. The first-order valence-electron chi connectivity index (χ1n) is 8.99. The Hall–Kier alpha value is -3.02. The average Bonchev–Trinajstić information content (AvgIpc) is 2.70. The number of rotatable bonds is 9. The first-order chi connectivity index (χ1) is 13.1. The van der Waals surface area contributed by atoms with Crippen LogP contribution in [0, 0.1) is 0 Å². The smallest absolute Gasteiger partial charge is 0.260 e. The molecule has 144 valence electrons. The fraction of sp³-hybridized carbons (Fsp3) is 0.333. The van der Waals surface area contributed by atoms with Crippen molar-refractivity contribution in [1.82, 2.24) is 4.90 Å². The second-order valence-electron chi connectivity index (χ2n) is 5.94. The van der Waals surface area contributed by atoms with Gasteiger partial charge in [0.15, 0.2) is 6.61 Å². The quantitative estimate of drug-likeness (QED) is 0.736. The van der Waals surface area contributed by atoms with Gasteiger partial charge in [-0.25, -0.2) is 0 Å². The summed E-state index contributed by atoms with van der Waals surface area (Å²) in [6.45, 7) is 4.15. The van der Waals surface area contributed by atoms with Crippen molar-refractivity contribution in [3.63, 3.8) is 0 Å². The lowest BCUT2D eigenvalue weighted by atomic mass is 10.1. The van der Waals surface area contributed by atoms with Crippen molar-refractivity contribution >= 4 is 17.5 Å². The molecule has 0 atom stereocenters. The predicted octanol–water partition coefficient (Wildman–Crippen LogP) is 3.12. The number of carbonyl (C=O) groups excluding carboxylic acids is 2. The van der Waals surface area contributed by atoms with E-state index in [0.717, 1.165) is 12.0 Å². The Morgan fingerprint density at radius 3 is 2.56 bits per heavy atom. The monoisotopic (exact) mass is 370 g/mol. The number of nitrogens with zero attached hydrogens (tertiary/aromatic N) is 1. The number of hydrogen-bond acceptors (Lipinski definition) is 4. The molecule has 0 unspecified atom stereocenters. The number of hydrogen-bond donors (Lipinski definition) is 1. The van der Waals surface area contributed by atoms with E-state index < -0.39 is 0 Å². The van der Waals surface area contributed by atoms with E-state index in [9.17, 15) is 9.59 Å². The van der Waals surface area contributed by atoms with Gasteiger partial charge in [-0.3, -0.25) is 9.59 Å². The van der Waals surface area contributed by atoms with E-state index >= 15 is 0 Å². The van der Waals surface area contributed by atoms with Crippen LogP contribution in [0.3, 0.4) is 0 Å². The molecule has 0 spiro atoms. The zero-order valence-corrected chi connectivity index (χ0v) is 16.0. The molecule has 0 saturated heterocycles.